The van der Waals surface area contributed by atoms with E-state index < -0.39 is 6.04 Å². The highest BCUT2D eigenvalue weighted by Gasteiger charge is 2.23. The number of furan rings is 1. The lowest BCUT2D eigenvalue weighted by Crippen LogP contribution is -2.47. The van der Waals surface area contributed by atoms with E-state index in [1.807, 2.05) is 43.5 Å². The van der Waals surface area contributed by atoms with E-state index in [4.69, 9.17) is 4.42 Å². The number of amides is 2. The van der Waals surface area contributed by atoms with E-state index in [9.17, 15) is 9.59 Å². The average molecular weight is 346 g/mol. The minimum Gasteiger partial charge on any atom is -0.459 e. The molecule has 0 aliphatic rings. The molecule has 0 saturated carbocycles. The number of hydrogen-bond acceptors (Lipinski definition) is 4. The van der Waals surface area contributed by atoms with Gasteiger partial charge >= 0.3 is 0 Å². The third-order valence-electron chi connectivity index (χ3n) is 3.64. The van der Waals surface area contributed by atoms with Crippen LogP contribution in [0, 0.1) is 0 Å². The van der Waals surface area contributed by atoms with Gasteiger partial charge in [0.1, 0.15) is 6.04 Å². The quantitative estimate of drug-likeness (QED) is 0.771. The van der Waals surface area contributed by atoms with Crippen molar-refractivity contribution in [3.63, 3.8) is 0 Å². The Morgan fingerprint density at radius 3 is 2.50 bits per heavy atom. The first-order valence-electron chi connectivity index (χ1n) is 7.80. The lowest BCUT2D eigenvalue weighted by Gasteiger charge is -2.21. The first-order chi connectivity index (χ1) is 11.6. The molecule has 0 bridgehead atoms. The Bertz CT molecular complexity index is 644. The molecule has 1 aromatic heterocycles. The number of carbonyl (C=O) groups is 2. The minimum atomic E-state index is -0.596. The van der Waals surface area contributed by atoms with Gasteiger partial charge in [-0.05, 0) is 43.0 Å². The topological polar surface area (TPSA) is 71.3 Å². The predicted molar refractivity (Wildman–Crippen MR) is 96.0 cm³/mol. The summed E-state index contributed by atoms with van der Waals surface area (Å²) in [7, 11) is 0. The van der Waals surface area contributed by atoms with Crippen LogP contribution in [0.1, 0.15) is 35.5 Å². The van der Waals surface area contributed by atoms with Crippen LogP contribution in [0.15, 0.2) is 53.1 Å². The SMILES string of the molecule is CSCC[C@@H](NC(=O)c1ccco1)C(=O)N[C@@H](C)c1ccccc1. The summed E-state index contributed by atoms with van der Waals surface area (Å²) < 4.78 is 5.08. The van der Waals surface area contributed by atoms with Gasteiger partial charge < -0.3 is 15.1 Å². The van der Waals surface area contributed by atoms with E-state index in [0.717, 1.165) is 11.3 Å². The summed E-state index contributed by atoms with van der Waals surface area (Å²) in [6.45, 7) is 1.92. The summed E-state index contributed by atoms with van der Waals surface area (Å²) in [6, 6.07) is 12.2. The third kappa shape index (κ3) is 5.16. The monoisotopic (exact) mass is 346 g/mol. The number of rotatable bonds is 8. The van der Waals surface area contributed by atoms with Crippen molar-refractivity contribution in [2.45, 2.75) is 25.4 Å². The first kappa shape index (κ1) is 18.1. The Morgan fingerprint density at radius 2 is 1.88 bits per heavy atom. The summed E-state index contributed by atoms with van der Waals surface area (Å²) >= 11 is 1.63. The average Bonchev–Trinajstić information content (AvgIpc) is 3.13. The Hall–Kier alpha value is -2.21. The molecule has 2 aromatic rings. The van der Waals surface area contributed by atoms with Gasteiger partial charge in [0.25, 0.3) is 5.91 Å². The fourth-order valence-electron chi connectivity index (χ4n) is 2.28. The summed E-state index contributed by atoms with van der Waals surface area (Å²) in [5.74, 6) is 0.401. The van der Waals surface area contributed by atoms with Gasteiger partial charge in [0.05, 0.1) is 12.3 Å². The van der Waals surface area contributed by atoms with Crippen LogP contribution in [-0.4, -0.2) is 29.9 Å². The molecule has 1 aromatic carbocycles. The number of thioether (sulfide) groups is 1. The fraction of sp³-hybridized carbons (Fsp3) is 0.333. The maximum Gasteiger partial charge on any atom is 0.287 e. The van der Waals surface area contributed by atoms with Crippen molar-refractivity contribution >= 4 is 23.6 Å². The van der Waals surface area contributed by atoms with Gasteiger partial charge in [0.2, 0.25) is 5.91 Å². The highest BCUT2D eigenvalue weighted by Crippen LogP contribution is 2.12. The largest absolute Gasteiger partial charge is 0.459 e. The van der Waals surface area contributed by atoms with Gasteiger partial charge in [-0.25, -0.2) is 0 Å². The van der Waals surface area contributed by atoms with Crippen molar-refractivity contribution in [3.8, 4) is 0 Å². The lowest BCUT2D eigenvalue weighted by atomic mass is 10.1. The van der Waals surface area contributed by atoms with Crippen LogP contribution < -0.4 is 10.6 Å². The van der Waals surface area contributed by atoms with Crippen LogP contribution in [0.3, 0.4) is 0 Å². The van der Waals surface area contributed by atoms with E-state index in [1.54, 1.807) is 23.9 Å². The Morgan fingerprint density at radius 1 is 1.12 bits per heavy atom. The number of nitrogens with one attached hydrogen (secondary N) is 2. The predicted octanol–water partition coefficient (Wildman–Crippen LogP) is 3.01. The van der Waals surface area contributed by atoms with Crippen LogP contribution in [0.25, 0.3) is 0 Å². The van der Waals surface area contributed by atoms with Crippen LogP contribution in [0.5, 0.6) is 0 Å². The molecule has 24 heavy (non-hydrogen) atoms. The number of benzene rings is 1. The summed E-state index contributed by atoms with van der Waals surface area (Å²) in [5.41, 5.74) is 1.02. The molecule has 128 valence electrons. The molecule has 2 amide bonds. The van der Waals surface area contributed by atoms with Gasteiger partial charge in [0.15, 0.2) is 5.76 Å². The molecule has 0 saturated heterocycles. The third-order valence-corrected chi connectivity index (χ3v) is 4.28. The molecule has 1 heterocycles. The van der Waals surface area contributed by atoms with Crippen molar-refractivity contribution in [1.29, 1.82) is 0 Å². The van der Waals surface area contributed by atoms with E-state index in [0.29, 0.717) is 6.42 Å². The van der Waals surface area contributed by atoms with Crippen LogP contribution >= 0.6 is 11.8 Å². The maximum atomic E-state index is 12.6. The highest BCUT2D eigenvalue weighted by molar-refractivity contribution is 7.98. The molecular weight excluding hydrogens is 324 g/mol. The highest BCUT2D eigenvalue weighted by atomic mass is 32.2. The number of carbonyl (C=O) groups excluding carboxylic acids is 2. The molecular formula is C18H22N2O3S. The maximum absolute atomic E-state index is 12.6. The van der Waals surface area contributed by atoms with Crippen molar-refractivity contribution in [2.75, 3.05) is 12.0 Å². The molecule has 2 atom stereocenters. The molecule has 0 aliphatic heterocycles. The zero-order valence-electron chi connectivity index (χ0n) is 13.8. The van der Waals surface area contributed by atoms with Crippen molar-refractivity contribution in [1.82, 2.24) is 10.6 Å². The molecule has 2 N–H and O–H groups in total. The normalized spacial score (nSPS) is 13.1. The fourth-order valence-corrected chi connectivity index (χ4v) is 2.75. The molecule has 0 fully saturated rings. The zero-order chi connectivity index (χ0) is 17.4. The summed E-state index contributed by atoms with van der Waals surface area (Å²) in [6.07, 6.45) is 3.96. The van der Waals surface area contributed by atoms with Gasteiger partial charge in [-0.2, -0.15) is 11.8 Å². The summed E-state index contributed by atoms with van der Waals surface area (Å²) in [5, 5.41) is 5.72. The molecule has 5 nitrogen and oxygen atoms in total. The Kier molecular flexibility index (Phi) is 6.93. The van der Waals surface area contributed by atoms with Gasteiger partial charge in [-0.1, -0.05) is 30.3 Å². The van der Waals surface area contributed by atoms with E-state index in [-0.39, 0.29) is 23.6 Å². The Labute approximate surface area is 146 Å². The van der Waals surface area contributed by atoms with Gasteiger partial charge in [-0.15, -0.1) is 0 Å². The molecule has 0 aliphatic carbocycles. The first-order valence-corrected chi connectivity index (χ1v) is 9.20. The second-order valence-corrected chi connectivity index (χ2v) is 6.41. The van der Waals surface area contributed by atoms with E-state index in [1.165, 1.54) is 6.26 Å². The number of hydrogen-bond donors (Lipinski definition) is 2. The van der Waals surface area contributed by atoms with E-state index >= 15 is 0 Å². The minimum absolute atomic E-state index is 0.129. The second kappa shape index (κ2) is 9.17. The van der Waals surface area contributed by atoms with Crippen molar-refractivity contribution < 1.29 is 14.0 Å². The second-order valence-electron chi connectivity index (χ2n) is 5.43. The smallest absolute Gasteiger partial charge is 0.287 e. The Balaban J connectivity index is 2.00. The van der Waals surface area contributed by atoms with Crippen LogP contribution in [0.2, 0.25) is 0 Å². The molecule has 0 spiro atoms. The zero-order valence-corrected chi connectivity index (χ0v) is 14.6. The summed E-state index contributed by atoms with van der Waals surface area (Å²) in [4.78, 5) is 24.7. The van der Waals surface area contributed by atoms with Crippen molar-refractivity contribution in [3.05, 3.63) is 60.1 Å². The van der Waals surface area contributed by atoms with E-state index in [2.05, 4.69) is 10.6 Å². The van der Waals surface area contributed by atoms with Crippen LogP contribution in [-0.2, 0) is 4.79 Å². The molecule has 0 radical (unpaired) electrons. The molecule has 6 heteroatoms. The molecule has 2 rings (SSSR count). The molecule has 0 unspecified atom stereocenters. The van der Waals surface area contributed by atoms with Crippen molar-refractivity contribution in [2.24, 2.45) is 0 Å². The standard InChI is InChI=1S/C18H22N2O3S/c1-13(14-7-4-3-5-8-14)19-17(21)15(10-12-24-2)20-18(22)16-9-6-11-23-16/h3-9,11,13,15H,10,12H2,1-2H3,(H,19,21)(H,20,22)/t13-,15+/m0/s1. The lowest BCUT2D eigenvalue weighted by molar-refractivity contribution is -0.123. The van der Waals surface area contributed by atoms with Crippen LogP contribution in [0.4, 0.5) is 0 Å². The van der Waals surface area contributed by atoms with Gasteiger partial charge in [-0.3, -0.25) is 9.59 Å². The van der Waals surface area contributed by atoms with Gasteiger partial charge in [0, 0.05) is 0 Å².